The number of anilines is 1. The molecule has 0 aromatic heterocycles. The third-order valence-electron chi connectivity index (χ3n) is 4.42. The largest absolute Gasteiger partial charge is 0.368 e. The lowest BCUT2D eigenvalue weighted by atomic mass is 9.86. The Kier molecular flexibility index (Phi) is 1.79. The molecule has 17 heavy (non-hydrogen) atoms. The van der Waals surface area contributed by atoms with E-state index < -0.39 is 0 Å². The molecule has 2 saturated heterocycles. The maximum atomic E-state index is 6.11. The molecule has 1 spiro atoms. The van der Waals surface area contributed by atoms with Gasteiger partial charge in [-0.2, -0.15) is 0 Å². The summed E-state index contributed by atoms with van der Waals surface area (Å²) in [5, 5.41) is 0. The van der Waals surface area contributed by atoms with E-state index >= 15 is 0 Å². The van der Waals surface area contributed by atoms with Crippen molar-refractivity contribution in [2.45, 2.75) is 25.0 Å². The van der Waals surface area contributed by atoms with Gasteiger partial charge in [0.2, 0.25) is 0 Å². The van der Waals surface area contributed by atoms with Crippen molar-refractivity contribution in [2.24, 2.45) is 5.92 Å². The Balaban J connectivity index is 1.65. The average Bonchev–Trinajstić information content (AvgIpc) is 2.94. The van der Waals surface area contributed by atoms with E-state index in [4.69, 9.17) is 4.74 Å². The SMILES string of the molecule is Cc1cccc(N2CC3CC4C=CC3(C2)O4)c1. The fourth-order valence-electron chi connectivity index (χ4n) is 3.57. The molecule has 1 aromatic rings. The Hall–Kier alpha value is -1.28. The molecule has 88 valence electrons. The van der Waals surface area contributed by atoms with Crippen molar-refractivity contribution in [3.8, 4) is 0 Å². The first-order valence-electron chi connectivity index (χ1n) is 6.44. The minimum absolute atomic E-state index is 0.0361. The number of fused-ring (bicyclic) bond motifs is 1. The number of hydrogen-bond acceptors (Lipinski definition) is 2. The van der Waals surface area contributed by atoms with Crippen LogP contribution in [0.2, 0.25) is 0 Å². The summed E-state index contributed by atoms with van der Waals surface area (Å²) in [6, 6.07) is 8.78. The van der Waals surface area contributed by atoms with E-state index in [1.165, 1.54) is 17.7 Å². The molecule has 0 aliphatic carbocycles. The molecule has 4 rings (SSSR count). The van der Waals surface area contributed by atoms with Crippen molar-refractivity contribution in [3.63, 3.8) is 0 Å². The van der Waals surface area contributed by atoms with Crippen LogP contribution >= 0.6 is 0 Å². The van der Waals surface area contributed by atoms with Gasteiger partial charge in [0.05, 0.1) is 12.6 Å². The van der Waals surface area contributed by atoms with E-state index in [1.54, 1.807) is 0 Å². The number of hydrogen-bond donors (Lipinski definition) is 0. The first-order valence-corrected chi connectivity index (χ1v) is 6.44. The minimum Gasteiger partial charge on any atom is -0.368 e. The average molecular weight is 227 g/mol. The van der Waals surface area contributed by atoms with Gasteiger partial charge in [0.15, 0.2) is 0 Å². The van der Waals surface area contributed by atoms with Gasteiger partial charge in [-0.1, -0.05) is 24.3 Å². The first kappa shape index (κ1) is 9.72. The van der Waals surface area contributed by atoms with E-state index in [9.17, 15) is 0 Å². The normalized spacial score (nSPS) is 37.8. The second-order valence-corrected chi connectivity index (χ2v) is 5.62. The predicted octanol–water partition coefficient (Wildman–Crippen LogP) is 2.53. The molecule has 2 heteroatoms. The molecule has 3 atom stereocenters. The van der Waals surface area contributed by atoms with Gasteiger partial charge in [0, 0.05) is 18.2 Å². The summed E-state index contributed by atoms with van der Waals surface area (Å²) in [6.07, 6.45) is 6.16. The van der Waals surface area contributed by atoms with Crippen LogP contribution in [0.25, 0.3) is 0 Å². The second kappa shape index (κ2) is 3.14. The van der Waals surface area contributed by atoms with Crippen molar-refractivity contribution in [1.82, 2.24) is 0 Å². The molecule has 0 N–H and O–H groups in total. The smallest absolute Gasteiger partial charge is 0.109 e. The summed E-state index contributed by atoms with van der Waals surface area (Å²) in [5.41, 5.74) is 2.71. The predicted molar refractivity (Wildman–Crippen MR) is 68.2 cm³/mol. The molecule has 1 aromatic carbocycles. The van der Waals surface area contributed by atoms with Crippen molar-refractivity contribution < 1.29 is 4.74 Å². The van der Waals surface area contributed by atoms with Gasteiger partial charge in [-0.05, 0) is 31.0 Å². The van der Waals surface area contributed by atoms with Crippen LogP contribution in [0.3, 0.4) is 0 Å². The van der Waals surface area contributed by atoms with Gasteiger partial charge in [-0.25, -0.2) is 0 Å². The van der Waals surface area contributed by atoms with Crippen LogP contribution in [-0.2, 0) is 4.74 Å². The van der Waals surface area contributed by atoms with Crippen LogP contribution in [0, 0.1) is 12.8 Å². The summed E-state index contributed by atoms with van der Waals surface area (Å²) in [4.78, 5) is 2.48. The second-order valence-electron chi connectivity index (χ2n) is 5.62. The van der Waals surface area contributed by atoms with Gasteiger partial charge in [0.25, 0.3) is 0 Å². The zero-order valence-corrected chi connectivity index (χ0v) is 10.1. The van der Waals surface area contributed by atoms with Gasteiger partial charge >= 0.3 is 0 Å². The summed E-state index contributed by atoms with van der Waals surface area (Å²) in [7, 11) is 0. The van der Waals surface area contributed by atoms with Crippen LogP contribution in [0.4, 0.5) is 5.69 Å². The van der Waals surface area contributed by atoms with Crippen LogP contribution in [-0.4, -0.2) is 24.8 Å². The van der Waals surface area contributed by atoms with Crippen molar-refractivity contribution >= 4 is 5.69 Å². The standard InChI is InChI=1S/C15H17NO/c1-11-3-2-4-13(7-11)16-9-12-8-14-5-6-15(12,10-16)17-14/h2-7,12,14H,8-10H2,1H3. The quantitative estimate of drug-likeness (QED) is 0.684. The van der Waals surface area contributed by atoms with Gasteiger partial charge in [-0.15, -0.1) is 0 Å². The molecule has 3 aliphatic heterocycles. The molecule has 3 unspecified atom stereocenters. The monoisotopic (exact) mass is 227 g/mol. The summed E-state index contributed by atoms with van der Waals surface area (Å²) in [5.74, 6) is 0.693. The Labute approximate surface area is 102 Å². The molecule has 0 amide bonds. The highest BCUT2D eigenvalue weighted by Crippen LogP contribution is 2.48. The van der Waals surface area contributed by atoms with Crippen molar-refractivity contribution in [1.29, 1.82) is 0 Å². The Bertz CT molecular complexity index is 495. The molecule has 2 nitrogen and oxygen atoms in total. The maximum Gasteiger partial charge on any atom is 0.109 e. The Morgan fingerprint density at radius 2 is 2.35 bits per heavy atom. The molecule has 0 saturated carbocycles. The lowest BCUT2D eigenvalue weighted by Gasteiger charge is -2.23. The fraction of sp³-hybridized carbons (Fsp3) is 0.467. The highest BCUT2D eigenvalue weighted by atomic mass is 16.5. The summed E-state index contributed by atoms with van der Waals surface area (Å²) < 4.78 is 6.11. The molecule has 3 aliphatic rings. The van der Waals surface area contributed by atoms with Gasteiger partial charge < -0.3 is 9.64 Å². The summed E-state index contributed by atoms with van der Waals surface area (Å²) in [6.45, 7) is 4.32. The van der Waals surface area contributed by atoms with Crippen molar-refractivity contribution in [2.75, 3.05) is 18.0 Å². The van der Waals surface area contributed by atoms with E-state index in [1.807, 2.05) is 0 Å². The van der Waals surface area contributed by atoms with Crippen LogP contribution in [0.15, 0.2) is 36.4 Å². The van der Waals surface area contributed by atoms with E-state index in [0.717, 1.165) is 13.1 Å². The third kappa shape index (κ3) is 1.31. The van der Waals surface area contributed by atoms with Crippen LogP contribution in [0.5, 0.6) is 0 Å². The first-order chi connectivity index (χ1) is 8.25. The lowest BCUT2D eigenvalue weighted by Crippen LogP contribution is -2.33. The van der Waals surface area contributed by atoms with Crippen LogP contribution in [0.1, 0.15) is 12.0 Å². The van der Waals surface area contributed by atoms with Crippen molar-refractivity contribution in [3.05, 3.63) is 42.0 Å². The Morgan fingerprint density at radius 1 is 1.41 bits per heavy atom. The number of aryl methyl sites for hydroxylation is 1. The lowest BCUT2D eigenvalue weighted by molar-refractivity contribution is 0.0351. The number of ether oxygens (including phenoxy) is 1. The summed E-state index contributed by atoms with van der Waals surface area (Å²) >= 11 is 0. The molecule has 0 radical (unpaired) electrons. The minimum atomic E-state index is 0.0361. The van der Waals surface area contributed by atoms with Gasteiger partial charge in [0.1, 0.15) is 5.60 Å². The third-order valence-corrected chi connectivity index (χ3v) is 4.42. The fourth-order valence-corrected chi connectivity index (χ4v) is 3.57. The molecular formula is C15H17NO. The molecule has 2 bridgehead atoms. The number of nitrogens with zero attached hydrogens (tertiary/aromatic N) is 1. The highest BCUT2D eigenvalue weighted by molar-refractivity contribution is 5.51. The molecule has 3 heterocycles. The zero-order valence-electron chi connectivity index (χ0n) is 10.1. The number of rotatable bonds is 1. The topological polar surface area (TPSA) is 12.5 Å². The molecular weight excluding hydrogens is 210 g/mol. The maximum absolute atomic E-state index is 6.11. The zero-order chi connectivity index (χ0) is 11.5. The van der Waals surface area contributed by atoms with E-state index in [-0.39, 0.29) is 5.60 Å². The van der Waals surface area contributed by atoms with Gasteiger partial charge in [-0.3, -0.25) is 0 Å². The molecule has 2 fully saturated rings. The van der Waals surface area contributed by atoms with Crippen LogP contribution < -0.4 is 4.90 Å². The highest BCUT2D eigenvalue weighted by Gasteiger charge is 2.55. The Morgan fingerprint density at radius 3 is 3.12 bits per heavy atom. The number of benzene rings is 1. The van der Waals surface area contributed by atoms with E-state index in [2.05, 4.69) is 48.2 Å². The van der Waals surface area contributed by atoms with E-state index in [0.29, 0.717) is 12.0 Å².